The number of piperazine rings is 1. The lowest BCUT2D eigenvalue weighted by Crippen LogP contribution is -2.52. The molecule has 0 unspecified atom stereocenters. The molecule has 8 heteroatoms. The zero-order valence-corrected chi connectivity index (χ0v) is 19.5. The molecule has 1 aliphatic rings. The molecular weight excluding hydrogens is 431 g/mol. The number of aryl methyl sites for hydroxylation is 1. The molecule has 0 amide bonds. The maximum absolute atomic E-state index is 13.3. The quantitative estimate of drug-likeness (QED) is 0.399. The average molecular weight is 461 g/mol. The maximum Gasteiger partial charge on any atom is 0.263 e. The lowest BCUT2D eigenvalue weighted by atomic mass is 10.1. The van der Waals surface area contributed by atoms with Crippen molar-refractivity contribution in [3.63, 3.8) is 0 Å². The molecule has 1 aliphatic heterocycles. The van der Waals surface area contributed by atoms with Crippen LogP contribution in [0.3, 0.4) is 0 Å². The Kier molecular flexibility index (Phi) is 6.40. The van der Waals surface area contributed by atoms with Crippen LogP contribution in [0.25, 0.3) is 22.4 Å². The van der Waals surface area contributed by atoms with Gasteiger partial charge in [0.25, 0.3) is 5.71 Å². The smallest absolute Gasteiger partial charge is 0.263 e. The standard InChI is InChI=1S/C26H29FN6O/c1-18-5-3-6-22(15-18)33-14-13-32(16-19(33)2)12-4-11-28-25-23-24(20-7-9-21(27)10-8-20)31-34-26(23)30-17-29-25/h3,5-10,15,17,19H,4,11-14,16H2,1-2H3,(H,28,29,30)/t19-/m0/s1. The maximum atomic E-state index is 13.3. The van der Waals surface area contributed by atoms with Crippen molar-refractivity contribution in [1.82, 2.24) is 20.0 Å². The predicted molar refractivity (Wildman–Crippen MR) is 133 cm³/mol. The molecule has 0 spiro atoms. The van der Waals surface area contributed by atoms with Crippen LogP contribution in [0.4, 0.5) is 15.9 Å². The van der Waals surface area contributed by atoms with E-state index in [0.717, 1.165) is 50.1 Å². The van der Waals surface area contributed by atoms with Crippen molar-refractivity contribution < 1.29 is 8.91 Å². The van der Waals surface area contributed by atoms with E-state index in [0.29, 0.717) is 23.3 Å². The first kappa shape index (κ1) is 22.3. The van der Waals surface area contributed by atoms with E-state index < -0.39 is 0 Å². The van der Waals surface area contributed by atoms with E-state index in [-0.39, 0.29) is 5.82 Å². The second-order valence-electron chi connectivity index (χ2n) is 8.90. The van der Waals surface area contributed by atoms with Gasteiger partial charge in [0.1, 0.15) is 29.0 Å². The number of halogens is 1. The van der Waals surface area contributed by atoms with Crippen molar-refractivity contribution >= 4 is 22.6 Å². The molecule has 2 aromatic carbocycles. The summed E-state index contributed by atoms with van der Waals surface area (Å²) < 4.78 is 18.7. The molecule has 1 saturated heterocycles. The first-order chi connectivity index (χ1) is 16.6. The molecule has 7 nitrogen and oxygen atoms in total. The van der Waals surface area contributed by atoms with E-state index in [9.17, 15) is 4.39 Å². The van der Waals surface area contributed by atoms with E-state index in [1.54, 1.807) is 12.1 Å². The topological polar surface area (TPSA) is 70.3 Å². The van der Waals surface area contributed by atoms with Crippen LogP contribution in [-0.4, -0.2) is 58.8 Å². The number of hydrogen-bond donors (Lipinski definition) is 1. The van der Waals surface area contributed by atoms with Crippen molar-refractivity contribution in [2.45, 2.75) is 26.3 Å². The Bertz CT molecular complexity index is 1260. The zero-order valence-electron chi connectivity index (χ0n) is 19.5. The summed E-state index contributed by atoms with van der Waals surface area (Å²) in [6.07, 6.45) is 2.45. The van der Waals surface area contributed by atoms with Crippen LogP contribution < -0.4 is 10.2 Å². The number of nitrogens with one attached hydrogen (secondary N) is 1. The molecule has 3 heterocycles. The molecule has 0 radical (unpaired) electrons. The zero-order chi connectivity index (χ0) is 23.5. The number of rotatable bonds is 7. The molecule has 34 heavy (non-hydrogen) atoms. The summed E-state index contributed by atoms with van der Waals surface area (Å²) in [5, 5.41) is 8.29. The van der Waals surface area contributed by atoms with Crippen LogP contribution in [-0.2, 0) is 0 Å². The Hall–Kier alpha value is -3.52. The van der Waals surface area contributed by atoms with Gasteiger partial charge in [-0.25, -0.2) is 9.37 Å². The van der Waals surface area contributed by atoms with Gasteiger partial charge in [0.15, 0.2) is 0 Å². The highest BCUT2D eigenvalue weighted by Crippen LogP contribution is 2.31. The molecule has 176 valence electrons. The lowest BCUT2D eigenvalue weighted by Gasteiger charge is -2.41. The minimum absolute atomic E-state index is 0.291. The number of anilines is 2. The Morgan fingerprint density at radius 2 is 1.97 bits per heavy atom. The monoisotopic (exact) mass is 460 g/mol. The van der Waals surface area contributed by atoms with Crippen LogP contribution in [0.5, 0.6) is 0 Å². The molecule has 1 N–H and O–H groups in total. The molecule has 2 aromatic heterocycles. The molecule has 1 atom stereocenters. The van der Waals surface area contributed by atoms with Crippen LogP contribution >= 0.6 is 0 Å². The molecule has 1 fully saturated rings. The number of hydrogen-bond acceptors (Lipinski definition) is 7. The molecule has 5 rings (SSSR count). The highest BCUT2D eigenvalue weighted by molar-refractivity contribution is 5.97. The second kappa shape index (κ2) is 9.77. The van der Waals surface area contributed by atoms with Crippen molar-refractivity contribution in [2.24, 2.45) is 0 Å². The highest BCUT2D eigenvalue weighted by atomic mass is 19.1. The third kappa shape index (κ3) is 4.72. The van der Waals surface area contributed by atoms with Gasteiger partial charge in [-0.05, 0) is 68.8 Å². The van der Waals surface area contributed by atoms with Crippen LogP contribution in [0.2, 0.25) is 0 Å². The third-order valence-electron chi connectivity index (χ3n) is 6.38. The summed E-state index contributed by atoms with van der Waals surface area (Å²) >= 11 is 0. The van der Waals surface area contributed by atoms with Crippen LogP contribution in [0.15, 0.2) is 59.4 Å². The summed E-state index contributed by atoms with van der Waals surface area (Å²) in [5.74, 6) is 0.392. The summed E-state index contributed by atoms with van der Waals surface area (Å²) in [6, 6.07) is 15.4. The van der Waals surface area contributed by atoms with Gasteiger partial charge in [0, 0.05) is 43.5 Å². The van der Waals surface area contributed by atoms with E-state index in [1.807, 2.05) is 0 Å². The summed E-state index contributed by atoms with van der Waals surface area (Å²) in [5.41, 5.74) is 4.40. The third-order valence-corrected chi connectivity index (χ3v) is 6.38. The molecular formula is C26H29FN6O. The molecule has 4 aromatic rings. The van der Waals surface area contributed by atoms with Gasteiger partial charge in [0.2, 0.25) is 0 Å². The minimum Gasteiger partial charge on any atom is -0.369 e. The lowest BCUT2D eigenvalue weighted by molar-refractivity contribution is 0.228. The Morgan fingerprint density at radius 3 is 2.76 bits per heavy atom. The van der Waals surface area contributed by atoms with Crippen LogP contribution in [0.1, 0.15) is 18.9 Å². The minimum atomic E-state index is -0.291. The predicted octanol–water partition coefficient (Wildman–Crippen LogP) is 4.75. The number of aromatic nitrogens is 3. The van der Waals surface area contributed by atoms with Gasteiger partial charge in [0.05, 0.1) is 0 Å². The highest BCUT2D eigenvalue weighted by Gasteiger charge is 2.23. The Labute approximate surface area is 198 Å². The van der Waals surface area contributed by atoms with E-state index >= 15 is 0 Å². The van der Waals surface area contributed by atoms with E-state index in [1.165, 1.54) is 29.7 Å². The van der Waals surface area contributed by atoms with Gasteiger partial charge in [-0.1, -0.05) is 17.3 Å². The summed E-state index contributed by atoms with van der Waals surface area (Å²) in [4.78, 5) is 13.6. The number of fused-ring (bicyclic) bond motifs is 1. The van der Waals surface area contributed by atoms with Gasteiger partial charge >= 0.3 is 0 Å². The fourth-order valence-corrected chi connectivity index (χ4v) is 4.66. The Balaban J connectivity index is 1.18. The number of nitrogens with zero attached hydrogens (tertiary/aromatic N) is 5. The largest absolute Gasteiger partial charge is 0.369 e. The normalized spacial score (nSPS) is 16.8. The fourth-order valence-electron chi connectivity index (χ4n) is 4.66. The van der Waals surface area contributed by atoms with Crippen molar-refractivity contribution in [1.29, 1.82) is 0 Å². The first-order valence-electron chi connectivity index (χ1n) is 11.7. The van der Waals surface area contributed by atoms with Gasteiger partial charge in [-0.2, -0.15) is 4.98 Å². The van der Waals surface area contributed by atoms with Crippen LogP contribution in [0, 0.1) is 12.7 Å². The second-order valence-corrected chi connectivity index (χ2v) is 8.90. The van der Waals surface area contributed by atoms with Gasteiger partial charge in [-0.3, -0.25) is 4.90 Å². The van der Waals surface area contributed by atoms with Crippen molar-refractivity contribution in [3.8, 4) is 11.3 Å². The van der Waals surface area contributed by atoms with Gasteiger partial charge < -0.3 is 14.7 Å². The summed E-state index contributed by atoms with van der Waals surface area (Å²) in [7, 11) is 0. The van der Waals surface area contributed by atoms with E-state index in [2.05, 4.69) is 68.4 Å². The SMILES string of the molecule is Cc1cccc(N2CCN(CCCNc3ncnc4onc(-c5ccc(F)cc5)c34)C[C@@H]2C)c1. The molecule has 0 bridgehead atoms. The fraction of sp³-hybridized carbons (Fsp3) is 0.346. The van der Waals surface area contributed by atoms with E-state index in [4.69, 9.17) is 4.52 Å². The summed E-state index contributed by atoms with van der Waals surface area (Å²) in [6.45, 7) is 9.36. The number of benzene rings is 2. The Morgan fingerprint density at radius 1 is 1.12 bits per heavy atom. The average Bonchev–Trinajstić information content (AvgIpc) is 3.27. The first-order valence-corrected chi connectivity index (χ1v) is 11.7. The molecule has 0 saturated carbocycles. The van der Waals surface area contributed by atoms with Gasteiger partial charge in [-0.15, -0.1) is 0 Å². The molecule has 0 aliphatic carbocycles. The van der Waals surface area contributed by atoms with Crippen molar-refractivity contribution in [2.75, 3.05) is 42.9 Å². The van der Waals surface area contributed by atoms with Crippen molar-refractivity contribution in [3.05, 3.63) is 66.2 Å².